The lowest BCUT2D eigenvalue weighted by Gasteiger charge is -2.15. The van der Waals surface area contributed by atoms with E-state index in [9.17, 15) is 26.8 Å². The number of carbonyl (C=O) groups is 2. The van der Waals surface area contributed by atoms with Gasteiger partial charge < -0.3 is 10.4 Å². The van der Waals surface area contributed by atoms with Crippen molar-refractivity contribution >= 4 is 32.8 Å². The fourth-order valence-corrected chi connectivity index (χ4v) is 2.80. The maximum Gasteiger partial charge on any atom is 0.326 e. The first-order valence-corrected chi connectivity index (χ1v) is 8.56. The van der Waals surface area contributed by atoms with Gasteiger partial charge in [-0.2, -0.15) is 8.42 Å². The number of aliphatic carboxylic acids is 1. The topological polar surface area (TPSA) is 121 Å². The Bertz CT molecular complexity index is 944. The molecule has 0 aliphatic rings. The number of amides is 1. The summed E-state index contributed by atoms with van der Waals surface area (Å²) in [4.78, 5) is 23.4. The lowest BCUT2D eigenvalue weighted by atomic mass is 10.0. The minimum atomic E-state index is -4.45. The lowest BCUT2D eigenvalue weighted by Crippen LogP contribution is -2.42. The van der Waals surface area contributed by atoms with Gasteiger partial charge in [-0.1, -0.05) is 24.3 Å². The van der Waals surface area contributed by atoms with Gasteiger partial charge in [-0.05, 0) is 23.3 Å². The molecule has 2 aromatic rings. The number of benzene rings is 2. The number of hydrogen-bond acceptors (Lipinski definition) is 4. The van der Waals surface area contributed by atoms with Crippen LogP contribution in [0, 0.1) is 11.6 Å². The van der Waals surface area contributed by atoms with E-state index in [0.29, 0.717) is 0 Å². The van der Waals surface area contributed by atoms with E-state index in [-0.39, 0.29) is 10.8 Å². The van der Waals surface area contributed by atoms with Gasteiger partial charge in [-0.15, -0.1) is 0 Å². The fraction of sp³-hybridized carbons (Fsp3) is 0.200. The van der Waals surface area contributed by atoms with Crippen molar-refractivity contribution in [2.75, 3.05) is 5.75 Å². The zero-order chi connectivity index (χ0) is 18.8. The highest BCUT2D eigenvalue weighted by atomic mass is 32.2. The normalized spacial score (nSPS) is 12.8. The van der Waals surface area contributed by atoms with Crippen molar-refractivity contribution in [3.05, 3.63) is 47.5 Å². The van der Waals surface area contributed by atoms with Gasteiger partial charge in [0.15, 0.2) is 11.6 Å². The summed E-state index contributed by atoms with van der Waals surface area (Å²) in [7, 11) is -4.45. The summed E-state index contributed by atoms with van der Waals surface area (Å²) in [5, 5.41) is 11.3. The molecule has 1 amide bonds. The average Bonchev–Trinajstić information content (AvgIpc) is 2.51. The number of nitrogens with one attached hydrogen (secondary N) is 1. The second-order valence-corrected chi connectivity index (χ2v) is 6.78. The van der Waals surface area contributed by atoms with E-state index < -0.39 is 57.4 Å². The number of carbonyl (C=O) groups excluding carboxylic acids is 1. The fourth-order valence-electron chi connectivity index (χ4n) is 2.26. The van der Waals surface area contributed by atoms with E-state index >= 15 is 0 Å². The van der Waals surface area contributed by atoms with Crippen LogP contribution in [0.5, 0.6) is 0 Å². The first-order valence-electron chi connectivity index (χ1n) is 6.95. The zero-order valence-corrected chi connectivity index (χ0v) is 13.4. The van der Waals surface area contributed by atoms with Crippen LogP contribution in [0.25, 0.3) is 10.8 Å². The van der Waals surface area contributed by atoms with Crippen molar-refractivity contribution in [2.45, 2.75) is 12.5 Å². The highest BCUT2D eigenvalue weighted by molar-refractivity contribution is 7.85. The Labute approximate surface area is 141 Å². The Morgan fingerprint density at radius 3 is 2.44 bits per heavy atom. The van der Waals surface area contributed by atoms with Gasteiger partial charge in [-0.3, -0.25) is 9.35 Å². The number of rotatable bonds is 6. The molecule has 0 spiro atoms. The molecule has 2 aromatic carbocycles. The largest absolute Gasteiger partial charge is 0.480 e. The molecule has 0 heterocycles. The van der Waals surface area contributed by atoms with Gasteiger partial charge in [-0.25, -0.2) is 13.6 Å². The van der Waals surface area contributed by atoms with Crippen molar-refractivity contribution in [3.8, 4) is 0 Å². The molecular weight excluding hydrogens is 360 g/mol. The molecule has 0 saturated carbocycles. The third kappa shape index (κ3) is 4.48. The Balaban J connectivity index is 2.38. The quantitative estimate of drug-likeness (QED) is 0.661. The van der Waals surface area contributed by atoms with E-state index in [1.807, 2.05) is 5.32 Å². The van der Waals surface area contributed by atoms with Crippen molar-refractivity contribution < 1.29 is 36.4 Å². The number of fused-ring (bicyclic) bond motifs is 1. The van der Waals surface area contributed by atoms with Crippen LogP contribution in [0.15, 0.2) is 30.3 Å². The smallest absolute Gasteiger partial charge is 0.326 e. The predicted molar refractivity (Wildman–Crippen MR) is 83.8 cm³/mol. The SMILES string of the molecule is O=C(N[C@@H](CCS(=O)(=O)O)C(=O)O)c1c(F)c(F)cc2ccccc12. The Morgan fingerprint density at radius 1 is 1.20 bits per heavy atom. The predicted octanol–water partition coefficient (Wildman–Crippen LogP) is 1.58. The molecule has 0 aromatic heterocycles. The van der Waals surface area contributed by atoms with Gasteiger partial charge in [0.2, 0.25) is 0 Å². The second-order valence-electron chi connectivity index (χ2n) is 5.21. The first-order chi connectivity index (χ1) is 11.6. The number of hydrogen-bond donors (Lipinski definition) is 3. The average molecular weight is 373 g/mol. The highest BCUT2D eigenvalue weighted by Gasteiger charge is 2.26. The number of carboxylic acids is 1. The number of carboxylic acid groups (broad SMARTS) is 1. The van der Waals surface area contributed by atoms with Gasteiger partial charge in [0.25, 0.3) is 16.0 Å². The summed E-state index contributed by atoms with van der Waals surface area (Å²) in [6, 6.07) is 5.03. The maximum atomic E-state index is 14.1. The highest BCUT2D eigenvalue weighted by Crippen LogP contribution is 2.24. The van der Waals surface area contributed by atoms with E-state index in [1.54, 1.807) is 6.07 Å². The van der Waals surface area contributed by atoms with Crippen molar-refractivity contribution in [1.82, 2.24) is 5.32 Å². The lowest BCUT2D eigenvalue weighted by molar-refractivity contribution is -0.139. The van der Waals surface area contributed by atoms with Crippen LogP contribution >= 0.6 is 0 Å². The molecule has 0 aliphatic carbocycles. The molecule has 10 heteroatoms. The Morgan fingerprint density at radius 2 is 1.84 bits per heavy atom. The number of halogens is 2. The molecule has 134 valence electrons. The first kappa shape index (κ1) is 18.7. The molecule has 0 fully saturated rings. The molecule has 3 N–H and O–H groups in total. The molecule has 2 rings (SSSR count). The van der Waals surface area contributed by atoms with Crippen molar-refractivity contribution in [3.63, 3.8) is 0 Å². The Hall–Kier alpha value is -2.59. The van der Waals surface area contributed by atoms with Crippen molar-refractivity contribution in [1.29, 1.82) is 0 Å². The van der Waals surface area contributed by atoms with Crippen molar-refractivity contribution in [2.24, 2.45) is 0 Å². The minimum Gasteiger partial charge on any atom is -0.480 e. The molecule has 0 unspecified atom stereocenters. The molecule has 1 atom stereocenters. The summed E-state index contributed by atoms with van der Waals surface area (Å²) >= 11 is 0. The van der Waals surface area contributed by atoms with Crippen LogP contribution in [0.1, 0.15) is 16.8 Å². The maximum absolute atomic E-state index is 14.1. The third-order valence-electron chi connectivity index (χ3n) is 3.44. The molecule has 0 saturated heterocycles. The molecule has 0 bridgehead atoms. The molecule has 25 heavy (non-hydrogen) atoms. The summed E-state index contributed by atoms with van der Waals surface area (Å²) in [6.07, 6.45) is -0.644. The van der Waals surface area contributed by atoms with Gasteiger partial charge in [0.1, 0.15) is 6.04 Å². The van der Waals surface area contributed by atoms with Gasteiger partial charge >= 0.3 is 5.97 Å². The van der Waals surface area contributed by atoms with Crippen LogP contribution in [-0.4, -0.2) is 41.7 Å². The van der Waals surface area contributed by atoms with Crippen LogP contribution in [0.2, 0.25) is 0 Å². The standard InChI is InChI=1S/C15H13F2NO6S/c16-10-7-8-3-1-2-4-9(8)12(13(10)17)14(19)18-11(15(20)21)5-6-25(22,23)24/h1-4,7,11H,5-6H2,(H,18,19)(H,20,21)(H,22,23,24)/t11-/m0/s1. The summed E-state index contributed by atoms with van der Waals surface area (Å²) in [6.45, 7) is 0. The molecule has 7 nitrogen and oxygen atoms in total. The Kier molecular flexibility index (Phi) is 5.33. The van der Waals surface area contributed by atoms with Crippen LogP contribution < -0.4 is 5.32 Å². The summed E-state index contributed by atoms with van der Waals surface area (Å²) in [5.74, 6) is -6.45. The van der Waals surface area contributed by atoms with Gasteiger partial charge in [0, 0.05) is 0 Å². The van der Waals surface area contributed by atoms with Crippen LogP contribution in [0.3, 0.4) is 0 Å². The van der Waals surface area contributed by atoms with Gasteiger partial charge in [0.05, 0.1) is 11.3 Å². The second kappa shape index (κ2) is 7.11. The molecule has 0 aliphatic heterocycles. The van der Waals surface area contributed by atoms with E-state index in [0.717, 1.165) is 6.07 Å². The summed E-state index contributed by atoms with van der Waals surface area (Å²) < 4.78 is 57.9. The minimum absolute atomic E-state index is 0.0674. The molecular formula is C15H13F2NO6S. The van der Waals surface area contributed by atoms with Crippen LogP contribution in [-0.2, 0) is 14.9 Å². The third-order valence-corrected chi connectivity index (χ3v) is 4.19. The monoisotopic (exact) mass is 373 g/mol. The van der Waals surface area contributed by atoms with Crippen LogP contribution in [0.4, 0.5) is 8.78 Å². The van der Waals surface area contributed by atoms with E-state index in [2.05, 4.69) is 0 Å². The molecule has 0 radical (unpaired) electrons. The van der Waals surface area contributed by atoms with E-state index in [1.165, 1.54) is 18.2 Å². The zero-order valence-electron chi connectivity index (χ0n) is 12.6. The summed E-state index contributed by atoms with van der Waals surface area (Å²) in [5.41, 5.74) is -0.686. The van der Waals surface area contributed by atoms with E-state index in [4.69, 9.17) is 9.66 Å².